The molecule has 0 amide bonds. The fraction of sp³-hybridized carbons (Fsp3) is 0.400. The summed E-state index contributed by atoms with van der Waals surface area (Å²) in [7, 11) is -0.873. The molecule has 0 unspecified atom stereocenters. The van der Waals surface area contributed by atoms with Gasteiger partial charge < -0.3 is 23.3 Å². The standard InChI is InChI=1S/C20H20BF2NO8/c1-4-14(25)30-21(31-15(26)5-2)32-20(28)12-9-24(10-6-7-10)17-11(18(12)27)8-13(22)16(23)19(17)29-3/h8-10H,4-7H2,1-3H3. The van der Waals surface area contributed by atoms with Crippen LogP contribution in [0.3, 0.4) is 0 Å². The highest BCUT2D eigenvalue weighted by Crippen LogP contribution is 2.40. The largest absolute Gasteiger partial charge is 0.870 e. The highest BCUT2D eigenvalue weighted by atomic mass is 19.2. The van der Waals surface area contributed by atoms with Crippen molar-refractivity contribution >= 4 is 36.1 Å². The van der Waals surface area contributed by atoms with Crippen LogP contribution in [0.1, 0.15) is 55.9 Å². The van der Waals surface area contributed by atoms with E-state index in [0.29, 0.717) is 18.9 Å². The van der Waals surface area contributed by atoms with Crippen molar-refractivity contribution in [3.63, 3.8) is 0 Å². The summed E-state index contributed by atoms with van der Waals surface area (Å²) in [5.74, 6) is -5.96. The van der Waals surface area contributed by atoms with Crippen LogP contribution in [0.5, 0.6) is 5.75 Å². The Balaban J connectivity index is 2.07. The number of benzene rings is 1. The molecule has 1 heterocycles. The molecule has 2 aromatic rings. The lowest BCUT2D eigenvalue weighted by atomic mass is 10.1. The van der Waals surface area contributed by atoms with E-state index in [-0.39, 0.29) is 29.8 Å². The van der Waals surface area contributed by atoms with Crippen molar-refractivity contribution in [3.05, 3.63) is 39.7 Å². The summed E-state index contributed by atoms with van der Waals surface area (Å²) in [5.41, 5.74) is -1.49. The lowest BCUT2D eigenvalue weighted by molar-refractivity contribution is -0.142. The fourth-order valence-electron chi connectivity index (χ4n) is 3.01. The first-order valence-electron chi connectivity index (χ1n) is 9.92. The Bertz CT molecular complexity index is 1130. The van der Waals surface area contributed by atoms with Gasteiger partial charge in [0.05, 0.1) is 18.0 Å². The van der Waals surface area contributed by atoms with Crippen LogP contribution in [0, 0.1) is 11.6 Å². The number of carbonyl (C=O) groups is 3. The van der Waals surface area contributed by atoms with Crippen LogP contribution in [0.15, 0.2) is 17.1 Å². The Morgan fingerprint density at radius 3 is 2.19 bits per heavy atom. The Labute approximate surface area is 181 Å². The third kappa shape index (κ3) is 4.58. The van der Waals surface area contributed by atoms with Gasteiger partial charge in [-0.15, -0.1) is 0 Å². The van der Waals surface area contributed by atoms with Crippen molar-refractivity contribution in [2.75, 3.05) is 7.11 Å². The van der Waals surface area contributed by atoms with Gasteiger partial charge in [-0.2, -0.15) is 4.39 Å². The minimum atomic E-state index is -2.01. The van der Waals surface area contributed by atoms with Crippen LogP contribution in [0.2, 0.25) is 0 Å². The summed E-state index contributed by atoms with van der Waals surface area (Å²) in [6, 6.07) is 0.506. The third-order valence-electron chi connectivity index (χ3n) is 4.77. The normalized spacial score (nSPS) is 12.9. The smallest absolute Gasteiger partial charge is 0.491 e. The molecule has 0 N–H and O–H groups in total. The minimum absolute atomic E-state index is 0.00169. The van der Waals surface area contributed by atoms with Crippen molar-refractivity contribution in [1.29, 1.82) is 0 Å². The molecule has 32 heavy (non-hydrogen) atoms. The maximum atomic E-state index is 14.3. The van der Waals surface area contributed by atoms with Crippen LogP contribution < -0.4 is 10.2 Å². The summed E-state index contributed by atoms with van der Waals surface area (Å²) in [5, 5.41) is -0.297. The van der Waals surface area contributed by atoms with E-state index in [2.05, 4.69) is 0 Å². The Morgan fingerprint density at radius 1 is 1.09 bits per heavy atom. The minimum Gasteiger partial charge on any atom is -0.491 e. The van der Waals surface area contributed by atoms with E-state index in [1.807, 2.05) is 0 Å². The molecule has 0 saturated heterocycles. The third-order valence-corrected chi connectivity index (χ3v) is 4.77. The van der Waals surface area contributed by atoms with E-state index >= 15 is 0 Å². The summed E-state index contributed by atoms with van der Waals surface area (Å²) in [6.45, 7) is 2.95. The SMILES string of the molecule is CCC(=O)OB(OC(=O)CC)OC(=O)c1cn(C2CC2)c2c(OC)c(F)c(F)cc2c1=O. The molecule has 1 aromatic carbocycles. The highest BCUT2D eigenvalue weighted by molar-refractivity contribution is 6.44. The molecule has 1 aliphatic rings. The fourth-order valence-corrected chi connectivity index (χ4v) is 3.01. The van der Waals surface area contributed by atoms with Crippen LogP contribution >= 0.6 is 0 Å². The zero-order valence-corrected chi connectivity index (χ0v) is 17.6. The first-order valence-corrected chi connectivity index (χ1v) is 9.92. The molecule has 0 spiro atoms. The monoisotopic (exact) mass is 451 g/mol. The van der Waals surface area contributed by atoms with E-state index in [4.69, 9.17) is 18.7 Å². The molecule has 9 nitrogen and oxygen atoms in total. The topological polar surface area (TPSA) is 110 Å². The number of pyridine rings is 1. The van der Waals surface area contributed by atoms with E-state index in [0.717, 1.165) is 13.3 Å². The molecule has 1 aliphatic carbocycles. The molecule has 1 fully saturated rings. The van der Waals surface area contributed by atoms with Gasteiger partial charge in [-0.1, -0.05) is 13.8 Å². The van der Waals surface area contributed by atoms with Gasteiger partial charge >= 0.3 is 13.3 Å². The summed E-state index contributed by atoms with van der Waals surface area (Å²) < 4.78 is 49.3. The Morgan fingerprint density at radius 2 is 1.69 bits per heavy atom. The van der Waals surface area contributed by atoms with Crippen LogP contribution in [-0.2, 0) is 23.6 Å². The number of hydrogen-bond donors (Lipinski definition) is 0. The maximum Gasteiger partial charge on any atom is 0.870 e. The molecule has 1 aromatic heterocycles. The summed E-state index contributed by atoms with van der Waals surface area (Å²) in [6.07, 6.45) is 2.32. The quantitative estimate of drug-likeness (QED) is 0.564. The van der Waals surface area contributed by atoms with Gasteiger partial charge in [-0.3, -0.25) is 14.4 Å². The van der Waals surface area contributed by atoms with Crippen LogP contribution in [0.25, 0.3) is 10.9 Å². The Hall–Kier alpha value is -3.44. The van der Waals surface area contributed by atoms with Gasteiger partial charge in [0.2, 0.25) is 11.2 Å². The molecule has 1 saturated carbocycles. The number of rotatable bonds is 8. The molecule has 0 aliphatic heterocycles. The second-order valence-corrected chi connectivity index (χ2v) is 6.99. The molecular weight excluding hydrogens is 431 g/mol. The van der Waals surface area contributed by atoms with Crippen LogP contribution in [0.4, 0.5) is 8.78 Å². The van der Waals surface area contributed by atoms with Crippen molar-refractivity contribution in [3.8, 4) is 5.75 Å². The van der Waals surface area contributed by atoms with Gasteiger partial charge in [0, 0.05) is 25.1 Å². The summed E-state index contributed by atoms with van der Waals surface area (Å²) in [4.78, 5) is 48.9. The van der Waals surface area contributed by atoms with Crippen LogP contribution in [-0.4, -0.2) is 36.9 Å². The van der Waals surface area contributed by atoms with E-state index in [1.54, 1.807) is 0 Å². The van der Waals surface area contributed by atoms with Gasteiger partial charge in [0.1, 0.15) is 5.56 Å². The number of hydrogen-bond acceptors (Lipinski definition) is 8. The van der Waals surface area contributed by atoms with Crippen molar-refractivity contribution in [2.24, 2.45) is 0 Å². The first-order chi connectivity index (χ1) is 15.2. The van der Waals surface area contributed by atoms with Gasteiger partial charge in [-0.25, -0.2) is 9.18 Å². The van der Waals surface area contributed by atoms with E-state index in [9.17, 15) is 28.0 Å². The number of nitrogens with zero attached hydrogens (tertiary/aromatic N) is 1. The molecule has 12 heteroatoms. The van der Waals surface area contributed by atoms with Crippen molar-refractivity contribution in [2.45, 2.75) is 45.6 Å². The van der Waals surface area contributed by atoms with Gasteiger partial charge in [-0.05, 0) is 18.9 Å². The molecule has 0 atom stereocenters. The number of carbonyl (C=O) groups excluding carboxylic acids is 3. The van der Waals surface area contributed by atoms with Crippen molar-refractivity contribution < 1.29 is 41.9 Å². The number of methoxy groups -OCH3 is 1. The molecule has 0 radical (unpaired) electrons. The zero-order chi connectivity index (χ0) is 23.6. The highest BCUT2D eigenvalue weighted by Gasteiger charge is 2.38. The van der Waals surface area contributed by atoms with E-state index in [1.165, 1.54) is 18.4 Å². The number of halogens is 2. The predicted octanol–water partition coefficient (Wildman–Crippen LogP) is 2.67. The van der Waals surface area contributed by atoms with Crippen molar-refractivity contribution in [1.82, 2.24) is 4.57 Å². The number of fused-ring (bicyclic) bond motifs is 1. The summed E-state index contributed by atoms with van der Waals surface area (Å²) >= 11 is 0. The maximum absolute atomic E-state index is 14.3. The number of aromatic nitrogens is 1. The Kier molecular flexibility index (Phi) is 6.80. The second-order valence-electron chi connectivity index (χ2n) is 6.99. The van der Waals surface area contributed by atoms with Gasteiger partial charge in [0.25, 0.3) is 11.9 Å². The lowest BCUT2D eigenvalue weighted by Crippen LogP contribution is -2.36. The zero-order valence-electron chi connectivity index (χ0n) is 17.6. The average molecular weight is 451 g/mol. The molecule has 170 valence electrons. The average Bonchev–Trinajstić information content (AvgIpc) is 3.60. The lowest BCUT2D eigenvalue weighted by Gasteiger charge is -2.17. The molecular formula is C20H20BF2NO8. The predicted molar refractivity (Wildman–Crippen MR) is 107 cm³/mol. The van der Waals surface area contributed by atoms with Gasteiger partial charge in [0.15, 0.2) is 11.6 Å². The first kappa shape index (κ1) is 23.2. The molecule has 3 rings (SSSR count). The molecule has 0 bridgehead atoms. The second kappa shape index (κ2) is 9.37. The van der Waals surface area contributed by atoms with E-state index < -0.39 is 53.6 Å². The number of ether oxygens (including phenoxy) is 1.